The summed E-state index contributed by atoms with van der Waals surface area (Å²) in [5, 5.41) is 2.90. The largest absolute Gasteiger partial charge is 0.383 e. The van der Waals surface area contributed by atoms with Crippen molar-refractivity contribution < 1.29 is 4.79 Å². The van der Waals surface area contributed by atoms with Gasteiger partial charge in [0, 0.05) is 12.2 Å². The number of amides is 1. The van der Waals surface area contributed by atoms with Crippen LogP contribution in [0.4, 0.5) is 17.2 Å². The summed E-state index contributed by atoms with van der Waals surface area (Å²) >= 11 is 0. The van der Waals surface area contributed by atoms with E-state index in [-0.39, 0.29) is 37.0 Å². The number of aromatic amines is 1. The SMILES string of the molecule is Cc1ccc(NC(=O)CN(Cc2ccccc2)c2c(N)n(Cc3ccccc3)c(=O)[nH]c2=O)cc1C. The van der Waals surface area contributed by atoms with Crippen molar-refractivity contribution in [1.29, 1.82) is 0 Å². The first-order valence-corrected chi connectivity index (χ1v) is 11.6. The third-order valence-electron chi connectivity index (χ3n) is 6.06. The van der Waals surface area contributed by atoms with Crippen molar-refractivity contribution in [2.45, 2.75) is 26.9 Å². The fourth-order valence-electron chi connectivity index (χ4n) is 4.02. The highest BCUT2D eigenvalue weighted by molar-refractivity contribution is 5.94. The summed E-state index contributed by atoms with van der Waals surface area (Å²) < 4.78 is 1.31. The van der Waals surface area contributed by atoms with Crippen molar-refractivity contribution in [2.24, 2.45) is 0 Å². The van der Waals surface area contributed by atoms with Crippen LogP contribution in [0.2, 0.25) is 0 Å². The third kappa shape index (κ3) is 5.72. The van der Waals surface area contributed by atoms with Gasteiger partial charge in [-0.2, -0.15) is 0 Å². The van der Waals surface area contributed by atoms with Gasteiger partial charge < -0.3 is 16.0 Å². The number of aryl methyl sites for hydroxylation is 2. The minimum Gasteiger partial charge on any atom is -0.383 e. The molecule has 0 aliphatic heterocycles. The Morgan fingerprint density at radius 1 is 0.917 bits per heavy atom. The second-order valence-corrected chi connectivity index (χ2v) is 8.75. The molecule has 3 aromatic carbocycles. The summed E-state index contributed by atoms with van der Waals surface area (Å²) in [6, 6.07) is 24.5. The first-order chi connectivity index (χ1) is 17.3. The molecule has 0 saturated carbocycles. The van der Waals surface area contributed by atoms with E-state index in [4.69, 9.17) is 5.73 Å². The molecule has 0 atom stereocenters. The molecule has 4 aromatic rings. The molecule has 0 bridgehead atoms. The van der Waals surface area contributed by atoms with Crippen LogP contribution in [-0.4, -0.2) is 22.0 Å². The predicted octanol–water partition coefficient (Wildman–Crippen LogP) is 3.43. The quantitative estimate of drug-likeness (QED) is 0.355. The number of rotatable bonds is 8. The standard InChI is InChI=1S/C28H29N5O3/c1-19-13-14-23(15-20(19)2)30-24(34)18-32(16-21-9-5-3-6-10-21)25-26(29)33(28(36)31-27(25)35)17-22-11-7-4-8-12-22/h3-15H,16-18,29H2,1-2H3,(H,30,34)(H,31,35,36). The van der Waals surface area contributed by atoms with Gasteiger partial charge in [-0.1, -0.05) is 66.7 Å². The van der Waals surface area contributed by atoms with Gasteiger partial charge in [-0.15, -0.1) is 0 Å². The van der Waals surface area contributed by atoms with Crippen molar-refractivity contribution in [2.75, 3.05) is 22.5 Å². The van der Waals surface area contributed by atoms with Crippen molar-refractivity contribution in [3.8, 4) is 0 Å². The number of carbonyl (C=O) groups is 1. The van der Waals surface area contributed by atoms with Crippen molar-refractivity contribution in [1.82, 2.24) is 9.55 Å². The summed E-state index contributed by atoms with van der Waals surface area (Å²) in [7, 11) is 0. The van der Waals surface area contributed by atoms with Crippen LogP contribution in [0.5, 0.6) is 0 Å². The molecule has 8 nitrogen and oxygen atoms in total. The number of anilines is 3. The third-order valence-corrected chi connectivity index (χ3v) is 6.06. The van der Waals surface area contributed by atoms with E-state index in [9.17, 15) is 14.4 Å². The van der Waals surface area contributed by atoms with Crippen LogP contribution in [0.1, 0.15) is 22.3 Å². The fourth-order valence-corrected chi connectivity index (χ4v) is 4.02. The molecule has 0 saturated heterocycles. The Morgan fingerprint density at radius 2 is 1.56 bits per heavy atom. The maximum atomic E-state index is 13.1. The van der Waals surface area contributed by atoms with E-state index in [0.29, 0.717) is 5.69 Å². The molecule has 1 heterocycles. The Kier molecular flexibility index (Phi) is 7.34. The predicted molar refractivity (Wildman–Crippen MR) is 143 cm³/mol. The number of aromatic nitrogens is 2. The Balaban J connectivity index is 1.70. The molecule has 0 radical (unpaired) electrons. The zero-order valence-corrected chi connectivity index (χ0v) is 20.3. The number of nitrogen functional groups attached to an aromatic ring is 1. The van der Waals surface area contributed by atoms with E-state index in [1.807, 2.05) is 92.7 Å². The highest BCUT2D eigenvalue weighted by atomic mass is 16.2. The lowest BCUT2D eigenvalue weighted by Crippen LogP contribution is -2.41. The van der Waals surface area contributed by atoms with Crippen molar-refractivity contribution in [3.63, 3.8) is 0 Å². The Labute approximate surface area is 209 Å². The molecule has 0 spiro atoms. The number of nitrogens with one attached hydrogen (secondary N) is 2. The molecule has 0 unspecified atom stereocenters. The Hall–Kier alpha value is -4.59. The van der Waals surface area contributed by atoms with Crippen molar-refractivity contribution in [3.05, 3.63) is 122 Å². The lowest BCUT2D eigenvalue weighted by molar-refractivity contribution is -0.115. The highest BCUT2D eigenvalue weighted by Crippen LogP contribution is 2.21. The molecule has 4 rings (SSSR count). The second-order valence-electron chi connectivity index (χ2n) is 8.75. The van der Waals surface area contributed by atoms with Gasteiger partial charge in [0.1, 0.15) is 11.5 Å². The van der Waals surface area contributed by atoms with Crippen LogP contribution in [0, 0.1) is 13.8 Å². The van der Waals surface area contributed by atoms with Crippen LogP contribution >= 0.6 is 0 Å². The minimum atomic E-state index is -0.642. The summed E-state index contributed by atoms with van der Waals surface area (Å²) in [6.07, 6.45) is 0. The average molecular weight is 484 g/mol. The van der Waals surface area contributed by atoms with Gasteiger partial charge in [0.05, 0.1) is 13.1 Å². The lowest BCUT2D eigenvalue weighted by atomic mass is 10.1. The first-order valence-electron chi connectivity index (χ1n) is 11.6. The number of nitrogens with zero attached hydrogens (tertiary/aromatic N) is 2. The van der Waals surface area contributed by atoms with E-state index < -0.39 is 11.2 Å². The zero-order valence-electron chi connectivity index (χ0n) is 20.3. The second kappa shape index (κ2) is 10.8. The molecule has 0 fully saturated rings. The first kappa shape index (κ1) is 24.5. The van der Waals surface area contributed by atoms with E-state index in [2.05, 4.69) is 10.3 Å². The summed E-state index contributed by atoms with van der Waals surface area (Å²) in [5.41, 5.74) is 9.83. The number of hydrogen-bond acceptors (Lipinski definition) is 5. The fraction of sp³-hybridized carbons (Fsp3) is 0.179. The van der Waals surface area contributed by atoms with Crippen LogP contribution in [0.25, 0.3) is 0 Å². The summed E-state index contributed by atoms with van der Waals surface area (Å²) in [5.74, 6) is -0.309. The smallest absolute Gasteiger partial charge is 0.330 e. The molecule has 184 valence electrons. The molecule has 1 amide bonds. The number of H-pyrrole nitrogens is 1. The van der Waals surface area contributed by atoms with E-state index in [1.54, 1.807) is 4.90 Å². The Morgan fingerprint density at radius 3 is 2.19 bits per heavy atom. The van der Waals surface area contributed by atoms with E-state index in [1.165, 1.54) is 4.57 Å². The molecule has 4 N–H and O–H groups in total. The number of carbonyl (C=O) groups excluding carboxylic acids is 1. The monoisotopic (exact) mass is 483 g/mol. The van der Waals surface area contributed by atoms with Gasteiger partial charge in [0.15, 0.2) is 0 Å². The summed E-state index contributed by atoms with van der Waals surface area (Å²) in [6.45, 7) is 4.27. The average Bonchev–Trinajstić information content (AvgIpc) is 2.85. The molecular weight excluding hydrogens is 454 g/mol. The van der Waals surface area contributed by atoms with E-state index >= 15 is 0 Å². The van der Waals surface area contributed by atoms with Crippen LogP contribution in [0.15, 0.2) is 88.5 Å². The molecular formula is C28H29N5O3. The van der Waals surface area contributed by atoms with E-state index in [0.717, 1.165) is 22.3 Å². The highest BCUT2D eigenvalue weighted by Gasteiger charge is 2.22. The van der Waals surface area contributed by atoms with Gasteiger partial charge in [-0.05, 0) is 48.2 Å². The van der Waals surface area contributed by atoms with Gasteiger partial charge >= 0.3 is 5.69 Å². The molecule has 36 heavy (non-hydrogen) atoms. The maximum absolute atomic E-state index is 13.1. The van der Waals surface area contributed by atoms with Crippen LogP contribution in [0.3, 0.4) is 0 Å². The summed E-state index contributed by atoms with van der Waals surface area (Å²) in [4.78, 5) is 42.7. The number of nitrogens with two attached hydrogens (primary N) is 1. The van der Waals surface area contributed by atoms with Crippen LogP contribution < -0.4 is 27.2 Å². The van der Waals surface area contributed by atoms with Gasteiger partial charge in [-0.3, -0.25) is 19.1 Å². The zero-order chi connectivity index (χ0) is 25.7. The molecule has 0 aliphatic rings. The Bertz CT molecular complexity index is 1480. The molecule has 0 aliphatic carbocycles. The van der Waals surface area contributed by atoms with Crippen LogP contribution in [-0.2, 0) is 17.9 Å². The molecule has 8 heteroatoms. The van der Waals surface area contributed by atoms with Crippen molar-refractivity contribution >= 4 is 23.1 Å². The number of benzene rings is 3. The maximum Gasteiger partial charge on any atom is 0.330 e. The normalized spacial score (nSPS) is 10.7. The topological polar surface area (TPSA) is 113 Å². The number of hydrogen-bond donors (Lipinski definition) is 3. The van der Waals surface area contributed by atoms with Gasteiger partial charge in [0.25, 0.3) is 5.56 Å². The minimum absolute atomic E-state index is 0.00233. The molecule has 1 aromatic heterocycles. The van der Waals surface area contributed by atoms with Gasteiger partial charge in [-0.25, -0.2) is 4.79 Å². The lowest BCUT2D eigenvalue weighted by Gasteiger charge is -2.26. The van der Waals surface area contributed by atoms with Gasteiger partial charge in [0.2, 0.25) is 5.91 Å².